The lowest BCUT2D eigenvalue weighted by Gasteiger charge is -1.99. The van der Waals surface area contributed by atoms with Crippen molar-refractivity contribution in [3.05, 3.63) is 71.8 Å². The summed E-state index contributed by atoms with van der Waals surface area (Å²) in [6.07, 6.45) is 9.76. The highest BCUT2D eigenvalue weighted by Gasteiger charge is 1.92. The van der Waals surface area contributed by atoms with E-state index in [0.717, 1.165) is 5.57 Å². The van der Waals surface area contributed by atoms with Crippen molar-refractivity contribution in [3.63, 3.8) is 0 Å². The normalized spacial score (nSPS) is 12.5. The molecule has 0 N–H and O–H groups in total. The molecule has 0 atom stereocenters. The SMILES string of the molecule is C=C/C=C(\C=C/C)CN=Cc1ccccc1C. The van der Waals surface area contributed by atoms with Crippen LogP contribution in [0.2, 0.25) is 0 Å². The maximum Gasteiger partial charge on any atom is 0.0639 e. The Bertz CT molecular complexity index is 450. The summed E-state index contributed by atoms with van der Waals surface area (Å²) in [5.41, 5.74) is 3.58. The topological polar surface area (TPSA) is 12.4 Å². The first-order chi connectivity index (χ1) is 8.27. The summed E-state index contributed by atoms with van der Waals surface area (Å²) < 4.78 is 0. The Morgan fingerprint density at radius 2 is 2.12 bits per heavy atom. The first-order valence-electron chi connectivity index (χ1n) is 5.77. The van der Waals surface area contributed by atoms with Crippen molar-refractivity contribution in [2.75, 3.05) is 6.54 Å². The Labute approximate surface area is 104 Å². The molecule has 88 valence electrons. The van der Waals surface area contributed by atoms with Gasteiger partial charge in [0.1, 0.15) is 0 Å². The molecule has 0 saturated heterocycles. The lowest BCUT2D eigenvalue weighted by Crippen LogP contribution is -1.89. The van der Waals surface area contributed by atoms with Crippen LogP contribution < -0.4 is 0 Å². The van der Waals surface area contributed by atoms with Crippen LogP contribution in [-0.4, -0.2) is 12.8 Å². The van der Waals surface area contributed by atoms with Crippen LogP contribution in [0.25, 0.3) is 0 Å². The van der Waals surface area contributed by atoms with E-state index in [-0.39, 0.29) is 0 Å². The summed E-state index contributed by atoms with van der Waals surface area (Å²) in [6.45, 7) is 8.48. The molecule has 0 bridgehead atoms. The van der Waals surface area contributed by atoms with E-state index in [1.807, 2.05) is 37.4 Å². The molecule has 1 heteroatoms. The molecule has 17 heavy (non-hydrogen) atoms. The molecule has 0 unspecified atom stereocenters. The van der Waals surface area contributed by atoms with Gasteiger partial charge in [0.2, 0.25) is 0 Å². The maximum atomic E-state index is 4.45. The average Bonchev–Trinajstić information content (AvgIpc) is 2.32. The minimum atomic E-state index is 0.685. The van der Waals surface area contributed by atoms with E-state index < -0.39 is 0 Å². The van der Waals surface area contributed by atoms with Crippen LogP contribution in [0.15, 0.2) is 65.7 Å². The molecule has 0 aliphatic heterocycles. The van der Waals surface area contributed by atoms with Gasteiger partial charge in [-0.2, -0.15) is 0 Å². The molecule has 0 aromatic heterocycles. The van der Waals surface area contributed by atoms with Crippen LogP contribution >= 0.6 is 0 Å². The summed E-state index contributed by atoms with van der Waals surface area (Å²) in [7, 11) is 0. The van der Waals surface area contributed by atoms with Gasteiger partial charge < -0.3 is 0 Å². The van der Waals surface area contributed by atoms with Crippen LogP contribution in [0, 0.1) is 6.92 Å². The first kappa shape index (κ1) is 13.2. The van der Waals surface area contributed by atoms with Crippen molar-refractivity contribution in [3.8, 4) is 0 Å². The molecular weight excluding hydrogens is 206 g/mol. The van der Waals surface area contributed by atoms with E-state index in [9.17, 15) is 0 Å². The molecule has 1 nitrogen and oxygen atoms in total. The van der Waals surface area contributed by atoms with Gasteiger partial charge in [-0.1, -0.05) is 55.1 Å². The standard InChI is InChI=1S/C16H19N/c1-4-8-15(9-5-2)12-17-13-16-11-7-6-10-14(16)3/h4-11,13H,1,12H2,2-3H3/b9-5-,15-8+,17-13?. The van der Waals surface area contributed by atoms with Crippen molar-refractivity contribution in [2.24, 2.45) is 4.99 Å². The van der Waals surface area contributed by atoms with Gasteiger partial charge in [0.05, 0.1) is 6.54 Å². The fourth-order valence-corrected chi connectivity index (χ4v) is 1.51. The summed E-state index contributed by atoms with van der Waals surface area (Å²) >= 11 is 0. The first-order valence-corrected chi connectivity index (χ1v) is 5.77. The molecule has 0 saturated carbocycles. The molecule has 1 aromatic rings. The van der Waals surface area contributed by atoms with Crippen molar-refractivity contribution in [1.82, 2.24) is 0 Å². The van der Waals surface area contributed by atoms with Gasteiger partial charge in [0.25, 0.3) is 0 Å². The van der Waals surface area contributed by atoms with Gasteiger partial charge in [0.15, 0.2) is 0 Å². The minimum Gasteiger partial charge on any atom is -0.288 e. The van der Waals surface area contributed by atoms with E-state index in [4.69, 9.17) is 0 Å². The van der Waals surface area contributed by atoms with Crippen molar-refractivity contribution in [2.45, 2.75) is 13.8 Å². The van der Waals surface area contributed by atoms with Crippen molar-refractivity contribution < 1.29 is 0 Å². The van der Waals surface area contributed by atoms with Crippen LogP contribution in [0.4, 0.5) is 0 Å². The van der Waals surface area contributed by atoms with E-state index in [1.165, 1.54) is 11.1 Å². The Morgan fingerprint density at radius 1 is 1.35 bits per heavy atom. The molecule has 0 heterocycles. The third kappa shape index (κ3) is 4.64. The second-order valence-electron chi connectivity index (χ2n) is 3.80. The third-order valence-corrected chi connectivity index (χ3v) is 2.41. The number of rotatable bonds is 5. The summed E-state index contributed by atoms with van der Waals surface area (Å²) in [5.74, 6) is 0. The Balaban J connectivity index is 2.70. The van der Waals surface area contributed by atoms with E-state index in [0.29, 0.717) is 6.54 Å². The summed E-state index contributed by atoms with van der Waals surface area (Å²) in [4.78, 5) is 4.45. The summed E-state index contributed by atoms with van der Waals surface area (Å²) in [5, 5.41) is 0. The predicted octanol–water partition coefficient (Wildman–Crippen LogP) is 4.10. The Kier molecular flexibility index (Phi) is 5.73. The highest BCUT2D eigenvalue weighted by Crippen LogP contribution is 2.04. The second-order valence-corrected chi connectivity index (χ2v) is 3.80. The molecular formula is C16H19N. The molecule has 0 fully saturated rings. The molecule has 0 radical (unpaired) electrons. The van der Waals surface area contributed by atoms with Gasteiger partial charge in [-0.3, -0.25) is 4.99 Å². The molecule has 1 rings (SSSR count). The zero-order valence-corrected chi connectivity index (χ0v) is 10.6. The highest BCUT2D eigenvalue weighted by molar-refractivity contribution is 5.81. The zero-order chi connectivity index (χ0) is 12.5. The van der Waals surface area contributed by atoms with E-state index in [2.05, 4.69) is 36.7 Å². The monoisotopic (exact) mass is 225 g/mol. The molecule has 1 aromatic carbocycles. The van der Waals surface area contributed by atoms with Gasteiger partial charge in [-0.15, -0.1) is 0 Å². The van der Waals surface area contributed by atoms with E-state index in [1.54, 1.807) is 6.08 Å². The van der Waals surface area contributed by atoms with Gasteiger partial charge >= 0.3 is 0 Å². The summed E-state index contributed by atoms with van der Waals surface area (Å²) in [6, 6.07) is 8.23. The predicted molar refractivity (Wildman–Crippen MR) is 76.7 cm³/mol. The fourth-order valence-electron chi connectivity index (χ4n) is 1.51. The van der Waals surface area contributed by atoms with Crippen molar-refractivity contribution in [1.29, 1.82) is 0 Å². The molecule has 0 spiro atoms. The van der Waals surface area contributed by atoms with Crippen molar-refractivity contribution >= 4 is 6.21 Å². The molecule has 0 aliphatic carbocycles. The Morgan fingerprint density at radius 3 is 2.76 bits per heavy atom. The van der Waals surface area contributed by atoms with Crippen LogP contribution in [-0.2, 0) is 0 Å². The second kappa shape index (κ2) is 7.39. The number of aliphatic imine (C=N–C) groups is 1. The largest absolute Gasteiger partial charge is 0.288 e. The number of aryl methyl sites for hydroxylation is 1. The lowest BCUT2D eigenvalue weighted by molar-refractivity contribution is 1.19. The van der Waals surface area contributed by atoms with Gasteiger partial charge in [0, 0.05) is 6.21 Å². The minimum absolute atomic E-state index is 0.685. The molecule has 0 amide bonds. The van der Waals surface area contributed by atoms with E-state index >= 15 is 0 Å². The zero-order valence-electron chi connectivity index (χ0n) is 10.6. The number of nitrogens with zero attached hydrogens (tertiary/aromatic N) is 1. The lowest BCUT2D eigenvalue weighted by atomic mass is 10.1. The van der Waals surface area contributed by atoms with Gasteiger partial charge in [-0.25, -0.2) is 0 Å². The quantitative estimate of drug-likeness (QED) is 0.528. The van der Waals surface area contributed by atoms with Crippen LogP contribution in [0.3, 0.4) is 0 Å². The number of hydrogen-bond donors (Lipinski definition) is 0. The third-order valence-electron chi connectivity index (χ3n) is 2.41. The van der Waals surface area contributed by atoms with Crippen LogP contribution in [0.1, 0.15) is 18.1 Å². The fraction of sp³-hybridized carbons (Fsp3) is 0.188. The highest BCUT2D eigenvalue weighted by atomic mass is 14.7. The number of benzene rings is 1. The number of hydrogen-bond acceptors (Lipinski definition) is 1. The average molecular weight is 225 g/mol. The molecule has 0 aliphatic rings. The smallest absolute Gasteiger partial charge is 0.0639 e. The number of allylic oxidation sites excluding steroid dienone is 3. The van der Waals surface area contributed by atoms with Gasteiger partial charge in [-0.05, 0) is 30.5 Å². The maximum absolute atomic E-state index is 4.45. The van der Waals surface area contributed by atoms with Crippen LogP contribution in [0.5, 0.6) is 0 Å². The Hall–Kier alpha value is -1.89.